The van der Waals surface area contributed by atoms with Gasteiger partial charge >= 0.3 is 0 Å². The van der Waals surface area contributed by atoms with Gasteiger partial charge < -0.3 is 15.4 Å². The average molecular weight is 297 g/mol. The first-order chi connectivity index (χ1) is 10.8. The van der Waals surface area contributed by atoms with Gasteiger partial charge in [0.25, 0.3) is 0 Å². The smallest absolute Gasteiger partial charge is 0.207 e. The summed E-state index contributed by atoms with van der Waals surface area (Å²) in [5, 5.41) is 8.05. The quantitative estimate of drug-likeness (QED) is 0.740. The molecule has 3 aromatic heterocycles. The second-order valence-electron chi connectivity index (χ2n) is 5.06. The number of morpholine rings is 1. The summed E-state index contributed by atoms with van der Waals surface area (Å²) in [6.45, 7) is 3.14. The van der Waals surface area contributed by atoms with Gasteiger partial charge in [-0.25, -0.2) is 9.97 Å². The highest BCUT2D eigenvalue weighted by Gasteiger charge is 2.15. The van der Waals surface area contributed by atoms with Crippen LogP contribution >= 0.6 is 0 Å². The van der Waals surface area contributed by atoms with Crippen molar-refractivity contribution in [3.8, 4) is 11.1 Å². The molecule has 0 aromatic carbocycles. The molecule has 0 saturated carbocycles. The summed E-state index contributed by atoms with van der Waals surface area (Å²) in [6, 6.07) is 3.97. The van der Waals surface area contributed by atoms with Crippen molar-refractivity contribution in [3.63, 3.8) is 0 Å². The number of pyridine rings is 1. The fraction of sp³-hybridized carbons (Fsp3) is 0.286. The number of ether oxygens (including phenoxy) is 1. The summed E-state index contributed by atoms with van der Waals surface area (Å²) < 4.78 is 7.05. The van der Waals surface area contributed by atoms with Crippen molar-refractivity contribution in [1.82, 2.24) is 24.6 Å². The Labute approximate surface area is 126 Å². The van der Waals surface area contributed by atoms with Gasteiger partial charge in [-0.2, -0.15) is 0 Å². The Balaban J connectivity index is 1.78. The van der Waals surface area contributed by atoms with Gasteiger partial charge in [-0.1, -0.05) is 0 Å². The summed E-state index contributed by atoms with van der Waals surface area (Å²) >= 11 is 0. The van der Waals surface area contributed by atoms with Gasteiger partial charge in [0.15, 0.2) is 5.65 Å². The van der Waals surface area contributed by atoms with E-state index in [2.05, 4.69) is 25.1 Å². The number of nitrogens with zero attached hydrogens (tertiary/aromatic N) is 6. The number of fused-ring (bicyclic) bond motifs is 1. The van der Waals surface area contributed by atoms with E-state index >= 15 is 0 Å². The molecule has 1 fully saturated rings. The van der Waals surface area contributed by atoms with Gasteiger partial charge in [0, 0.05) is 31.0 Å². The fourth-order valence-corrected chi connectivity index (χ4v) is 2.59. The Hall–Kier alpha value is -2.74. The molecule has 4 heterocycles. The van der Waals surface area contributed by atoms with E-state index in [0.717, 1.165) is 43.2 Å². The lowest BCUT2D eigenvalue weighted by atomic mass is 10.1. The molecule has 0 bridgehead atoms. The topological polar surface area (TPSA) is 94.5 Å². The third-order valence-electron chi connectivity index (χ3n) is 3.75. The van der Waals surface area contributed by atoms with Crippen molar-refractivity contribution in [3.05, 3.63) is 30.9 Å². The lowest BCUT2D eigenvalue weighted by Gasteiger charge is -2.28. The number of hydrogen-bond acceptors (Lipinski definition) is 7. The van der Waals surface area contributed by atoms with Crippen LogP contribution in [0.1, 0.15) is 0 Å². The van der Waals surface area contributed by atoms with Crippen LogP contribution < -0.4 is 10.6 Å². The molecular formula is C14H15N7O. The lowest BCUT2D eigenvalue weighted by molar-refractivity contribution is 0.122. The largest absolute Gasteiger partial charge is 0.378 e. The van der Waals surface area contributed by atoms with Crippen LogP contribution in [0.15, 0.2) is 30.9 Å². The van der Waals surface area contributed by atoms with Crippen LogP contribution in [-0.4, -0.2) is 50.9 Å². The molecule has 0 spiro atoms. The van der Waals surface area contributed by atoms with E-state index in [1.165, 1.54) is 0 Å². The Morgan fingerprint density at radius 2 is 2.05 bits per heavy atom. The summed E-state index contributed by atoms with van der Waals surface area (Å²) in [5.41, 5.74) is 8.38. The number of rotatable bonds is 2. The summed E-state index contributed by atoms with van der Waals surface area (Å²) in [5.74, 6) is 1.29. The van der Waals surface area contributed by atoms with E-state index in [9.17, 15) is 0 Å². The third-order valence-corrected chi connectivity index (χ3v) is 3.75. The molecule has 22 heavy (non-hydrogen) atoms. The van der Waals surface area contributed by atoms with Crippen molar-refractivity contribution in [2.24, 2.45) is 0 Å². The van der Waals surface area contributed by atoms with Crippen LogP contribution in [0, 0.1) is 0 Å². The molecule has 112 valence electrons. The SMILES string of the molecule is Nc1ncc(-c2ccnc(N3CCOCC3)c2)c2nncn12. The summed E-state index contributed by atoms with van der Waals surface area (Å²) in [7, 11) is 0. The normalized spacial score (nSPS) is 15.4. The van der Waals surface area contributed by atoms with E-state index in [1.54, 1.807) is 23.1 Å². The van der Waals surface area contributed by atoms with E-state index in [1.807, 2.05) is 12.1 Å². The zero-order chi connectivity index (χ0) is 14.9. The minimum atomic E-state index is 0.367. The van der Waals surface area contributed by atoms with Gasteiger partial charge in [0.1, 0.15) is 12.1 Å². The molecule has 1 aliphatic heterocycles. The number of hydrogen-bond donors (Lipinski definition) is 1. The Bertz CT molecular complexity index is 810. The van der Waals surface area contributed by atoms with E-state index in [4.69, 9.17) is 10.5 Å². The Kier molecular flexibility index (Phi) is 3.08. The highest BCUT2D eigenvalue weighted by Crippen LogP contribution is 2.26. The first kappa shape index (κ1) is 13.0. The molecular weight excluding hydrogens is 282 g/mol. The fourth-order valence-electron chi connectivity index (χ4n) is 2.59. The maximum Gasteiger partial charge on any atom is 0.207 e. The number of anilines is 2. The zero-order valence-corrected chi connectivity index (χ0v) is 11.9. The Morgan fingerprint density at radius 1 is 1.18 bits per heavy atom. The van der Waals surface area contributed by atoms with Gasteiger partial charge in [-0.15, -0.1) is 10.2 Å². The monoisotopic (exact) mass is 297 g/mol. The first-order valence-electron chi connectivity index (χ1n) is 7.06. The molecule has 0 unspecified atom stereocenters. The number of nitrogens with two attached hydrogens (primary N) is 1. The highest BCUT2D eigenvalue weighted by atomic mass is 16.5. The second-order valence-corrected chi connectivity index (χ2v) is 5.06. The van der Waals surface area contributed by atoms with Crippen LogP contribution in [0.25, 0.3) is 16.8 Å². The van der Waals surface area contributed by atoms with Crippen molar-refractivity contribution in [2.75, 3.05) is 36.9 Å². The lowest BCUT2D eigenvalue weighted by Crippen LogP contribution is -2.36. The van der Waals surface area contributed by atoms with Crippen LogP contribution in [0.2, 0.25) is 0 Å². The summed E-state index contributed by atoms with van der Waals surface area (Å²) in [6.07, 6.45) is 5.08. The van der Waals surface area contributed by atoms with Crippen molar-refractivity contribution < 1.29 is 4.74 Å². The van der Waals surface area contributed by atoms with E-state index in [0.29, 0.717) is 11.6 Å². The van der Waals surface area contributed by atoms with Crippen molar-refractivity contribution in [1.29, 1.82) is 0 Å². The molecule has 2 N–H and O–H groups in total. The minimum absolute atomic E-state index is 0.367. The molecule has 8 heteroatoms. The standard InChI is InChI=1S/C14H15N7O/c15-14-17-8-11(13-19-18-9-21(13)14)10-1-2-16-12(7-10)20-3-5-22-6-4-20/h1-2,7-9H,3-6H2,(H2,15,17). The molecule has 1 saturated heterocycles. The van der Waals surface area contributed by atoms with Gasteiger partial charge in [-0.05, 0) is 17.7 Å². The molecule has 1 aliphatic rings. The van der Waals surface area contributed by atoms with Crippen LogP contribution in [-0.2, 0) is 4.74 Å². The predicted octanol–water partition coefficient (Wildman–Crippen LogP) is 0.605. The molecule has 4 rings (SSSR count). The predicted molar refractivity (Wildman–Crippen MR) is 81.5 cm³/mol. The molecule has 0 atom stereocenters. The molecule has 0 amide bonds. The molecule has 3 aromatic rings. The van der Waals surface area contributed by atoms with Crippen LogP contribution in [0.3, 0.4) is 0 Å². The Morgan fingerprint density at radius 3 is 2.91 bits per heavy atom. The first-order valence-corrected chi connectivity index (χ1v) is 7.06. The third kappa shape index (κ3) is 2.13. The van der Waals surface area contributed by atoms with E-state index in [-0.39, 0.29) is 0 Å². The summed E-state index contributed by atoms with van der Waals surface area (Å²) in [4.78, 5) is 10.9. The highest BCUT2D eigenvalue weighted by molar-refractivity contribution is 5.78. The van der Waals surface area contributed by atoms with E-state index < -0.39 is 0 Å². The maximum atomic E-state index is 5.83. The molecule has 8 nitrogen and oxygen atoms in total. The number of nitrogen functional groups attached to an aromatic ring is 1. The van der Waals surface area contributed by atoms with Crippen LogP contribution in [0.4, 0.5) is 11.8 Å². The number of aromatic nitrogens is 5. The molecule has 0 aliphatic carbocycles. The van der Waals surface area contributed by atoms with Crippen LogP contribution in [0.5, 0.6) is 0 Å². The maximum absolute atomic E-state index is 5.83. The average Bonchev–Trinajstić information content (AvgIpc) is 3.07. The van der Waals surface area contributed by atoms with Gasteiger partial charge in [0.2, 0.25) is 5.95 Å². The van der Waals surface area contributed by atoms with Gasteiger partial charge in [0.05, 0.1) is 13.2 Å². The van der Waals surface area contributed by atoms with Crippen molar-refractivity contribution >= 4 is 17.4 Å². The zero-order valence-electron chi connectivity index (χ0n) is 11.9. The minimum Gasteiger partial charge on any atom is -0.378 e. The molecule has 0 radical (unpaired) electrons. The van der Waals surface area contributed by atoms with Gasteiger partial charge in [-0.3, -0.25) is 4.40 Å². The second kappa shape index (κ2) is 5.23. The van der Waals surface area contributed by atoms with Crippen molar-refractivity contribution in [2.45, 2.75) is 0 Å².